The van der Waals surface area contributed by atoms with Crippen molar-refractivity contribution in [2.45, 2.75) is 117 Å². The van der Waals surface area contributed by atoms with E-state index < -0.39 is 48.1 Å². The minimum absolute atomic E-state index is 0.0744. The van der Waals surface area contributed by atoms with E-state index in [0.717, 1.165) is 11.1 Å². The molecular formula is C41H62N6O7. The number of ether oxygens (including phenoxy) is 1. The van der Waals surface area contributed by atoms with Crippen LogP contribution in [0.1, 0.15) is 78.9 Å². The Labute approximate surface area is 320 Å². The molecule has 0 aliphatic carbocycles. The third kappa shape index (κ3) is 14.4. The van der Waals surface area contributed by atoms with Crippen LogP contribution < -0.4 is 36.6 Å². The molecule has 2 bridgehead atoms. The summed E-state index contributed by atoms with van der Waals surface area (Å²) < 4.78 is 5.84. The van der Waals surface area contributed by atoms with Crippen LogP contribution in [0.5, 0.6) is 5.75 Å². The highest BCUT2D eigenvalue weighted by atomic mass is 16.5. The molecule has 13 nitrogen and oxygen atoms in total. The number of hydrogen-bond donors (Lipinski definition) is 7. The second-order valence-electron chi connectivity index (χ2n) is 15.2. The van der Waals surface area contributed by atoms with Crippen LogP contribution in [-0.4, -0.2) is 90.7 Å². The summed E-state index contributed by atoms with van der Waals surface area (Å²) in [6, 6.07) is 12.7. The van der Waals surface area contributed by atoms with Crippen molar-refractivity contribution in [2.75, 3.05) is 19.7 Å². The number of aliphatic hydroxyl groups is 1. The van der Waals surface area contributed by atoms with Crippen LogP contribution in [0.4, 0.5) is 0 Å². The molecule has 2 aromatic carbocycles. The van der Waals surface area contributed by atoms with E-state index in [-0.39, 0.29) is 54.9 Å². The third-order valence-corrected chi connectivity index (χ3v) is 9.67. The average molecular weight is 751 g/mol. The van der Waals surface area contributed by atoms with E-state index in [1.807, 2.05) is 96.1 Å². The number of nitrogens with one attached hydrogen (secondary N) is 6. The molecule has 298 valence electrons. The molecule has 4 rings (SSSR count). The van der Waals surface area contributed by atoms with Crippen molar-refractivity contribution in [2.24, 2.45) is 17.8 Å². The number of amides is 5. The highest BCUT2D eigenvalue weighted by Gasteiger charge is 2.33. The highest BCUT2D eigenvalue weighted by Crippen LogP contribution is 2.16. The van der Waals surface area contributed by atoms with Crippen LogP contribution in [0, 0.1) is 17.8 Å². The number of carbonyl (C=O) groups excluding carboxylic acids is 5. The molecule has 2 aliphatic rings. The first-order valence-corrected chi connectivity index (χ1v) is 19.3. The van der Waals surface area contributed by atoms with Crippen LogP contribution >= 0.6 is 0 Å². The maximum Gasteiger partial charge on any atom is 0.243 e. The van der Waals surface area contributed by atoms with Gasteiger partial charge in [0.05, 0.1) is 24.8 Å². The van der Waals surface area contributed by atoms with Crippen molar-refractivity contribution in [3.63, 3.8) is 0 Å². The van der Waals surface area contributed by atoms with E-state index in [9.17, 15) is 29.1 Å². The van der Waals surface area contributed by atoms with Crippen LogP contribution in [-0.2, 0) is 36.8 Å². The number of rotatable bonds is 16. The van der Waals surface area contributed by atoms with E-state index in [0.29, 0.717) is 38.2 Å². The molecule has 0 saturated carbocycles. The first kappa shape index (κ1) is 43.9. The molecule has 2 aliphatic heterocycles. The van der Waals surface area contributed by atoms with E-state index >= 15 is 0 Å². The van der Waals surface area contributed by atoms with Gasteiger partial charge in [-0.3, -0.25) is 24.0 Å². The lowest BCUT2D eigenvalue weighted by Gasteiger charge is -2.31. The second-order valence-corrected chi connectivity index (χ2v) is 15.2. The van der Waals surface area contributed by atoms with Gasteiger partial charge >= 0.3 is 0 Å². The molecule has 54 heavy (non-hydrogen) atoms. The number of hydrogen-bond acceptors (Lipinski definition) is 8. The van der Waals surface area contributed by atoms with Gasteiger partial charge in [-0.15, -0.1) is 0 Å². The molecule has 2 heterocycles. The molecule has 3 unspecified atom stereocenters. The highest BCUT2D eigenvalue weighted by molar-refractivity contribution is 5.92. The Morgan fingerprint density at radius 3 is 2.20 bits per heavy atom. The summed E-state index contributed by atoms with van der Waals surface area (Å²) in [4.78, 5) is 66.3. The Hall–Kier alpha value is -4.49. The summed E-state index contributed by atoms with van der Waals surface area (Å²) >= 11 is 0. The van der Waals surface area contributed by atoms with Gasteiger partial charge in [-0.2, -0.15) is 0 Å². The van der Waals surface area contributed by atoms with Gasteiger partial charge in [0.2, 0.25) is 29.5 Å². The predicted octanol–water partition coefficient (Wildman–Crippen LogP) is 2.40. The largest absolute Gasteiger partial charge is 0.494 e. The van der Waals surface area contributed by atoms with Crippen LogP contribution in [0.3, 0.4) is 0 Å². The first-order chi connectivity index (χ1) is 25.7. The van der Waals surface area contributed by atoms with Crippen LogP contribution in [0.15, 0.2) is 54.6 Å². The molecule has 0 aromatic heterocycles. The summed E-state index contributed by atoms with van der Waals surface area (Å²) in [6.07, 6.45) is 1.04. The van der Waals surface area contributed by atoms with Crippen molar-refractivity contribution >= 4 is 29.5 Å². The maximum absolute atomic E-state index is 13.9. The molecule has 7 atom stereocenters. The van der Waals surface area contributed by atoms with Crippen molar-refractivity contribution in [3.05, 3.63) is 65.7 Å². The van der Waals surface area contributed by atoms with Crippen molar-refractivity contribution < 1.29 is 33.8 Å². The quantitative estimate of drug-likeness (QED) is 0.136. The number of carbonyl (C=O) groups is 5. The summed E-state index contributed by atoms with van der Waals surface area (Å²) in [5.74, 6) is -1.60. The minimum atomic E-state index is -1.17. The Morgan fingerprint density at radius 1 is 0.907 bits per heavy atom. The lowest BCUT2D eigenvalue weighted by molar-refractivity contribution is -0.133. The molecule has 0 saturated heterocycles. The fourth-order valence-corrected chi connectivity index (χ4v) is 6.32. The standard InChI is InChI=1S/C41H62N6O7/c1-8-27(6)37-40(52)42-19-12-20-54-31-17-15-30(16-18-31)23-33(38(50)47-37)43-24-35(49)32(22-29-13-10-9-11-14-29)45-41(53)36(26(4)5)46-39(51)34(21-25(2)3)44-28(7)48/h9-11,13-18,25-27,32-37,43,49H,8,12,19-24H2,1-7H3,(H,42,52)(H,44,48)(H,45,53)(H,46,51)(H,47,50)/t27?,32-,33?,34-,35?,36-,37-/m0/s1. The van der Waals surface area contributed by atoms with Gasteiger partial charge in [-0.1, -0.05) is 90.4 Å². The number of fused-ring (bicyclic) bond motifs is 12. The normalized spacial score (nSPS) is 19.5. The molecule has 13 heteroatoms. The third-order valence-electron chi connectivity index (χ3n) is 9.67. The van der Waals surface area contributed by atoms with Crippen molar-refractivity contribution in [3.8, 4) is 5.75 Å². The zero-order chi connectivity index (χ0) is 39.8. The summed E-state index contributed by atoms with van der Waals surface area (Å²) in [5.41, 5.74) is 1.72. The Bertz CT molecular complexity index is 1500. The first-order valence-electron chi connectivity index (χ1n) is 19.3. The molecular weight excluding hydrogens is 688 g/mol. The lowest BCUT2D eigenvalue weighted by atomic mass is 9.96. The van der Waals surface area contributed by atoms with Gasteiger partial charge in [0.15, 0.2) is 0 Å². The predicted molar refractivity (Wildman–Crippen MR) is 208 cm³/mol. The Morgan fingerprint density at radius 2 is 1.59 bits per heavy atom. The van der Waals surface area contributed by atoms with Crippen molar-refractivity contribution in [1.82, 2.24) is 31.9 Å². The van der Waals surface area contributed by atoms with Crippen LogP contribution in [0.25, 0.3) is 0 Å². The van der Waals surface area contributed by atoms with E-state index in [1.54, 1.807) is 0 Å². The van der Waals surface area contributed by atoms with Gasteiger partial charge in [0, 0.05) is 20.0 Å². The smallest absolute Gasteiger partial charge is 0.243 e. The summed E-state index contributed by atoms with van der Waals surface area (Å²) in [7, 11) is 0. The average Bonchev–Trinajstić information content (AvgIpc) is 3.13. The van der Waals surface area contributed by atoms with E-state index in [4.69, 9.17) is 4.74 Å². The topological polar surface area (TPSA) is 187 Å². The van der Waals surface area contributed by atoms with Crippen molar-refractivity contribution in [1.29, 1.82) is 0 Å². The fraction of sp³-hybridized carbons (Fsp3) is 0.585. The number of aliphatic hydroxyl groups excluding tert-OH is 1. The van der Waals surface area contributed by atoms with Gasteiger partial charge in [-0.25, -0.2) is 0 Å². The minimum Gasteiger partial charge on any atom is -0.494 e. The molecule has 0 radical (unpaired) electrons. The summed E-state index contributed by atoms with van der Waals surface area (Å²) in [5, 5.41) is 29.3. The molecule has 7 N–H and O–H groups in total. The van der Waals surface area contributed by atoms with Gasteiger partial charge < -0.3 is 41.7 Å². The molecule has 0 fully saturated rings. The zero-order valence-corrected chi connectivity index (χ0v) is 32.9. The SMILES string of the molecule is CCC(C)[C@@H]1NC(=O)C(NCC(O)[C@H](Cc2ccccc2)NC(=O)[C@@H](NC(=O)[C@H](CC(C)C)NC(C)=O)C(C)C)Cc2ccc(cc2)OCCCNC1=O. The monoisotopic (exact) mass is 750 g/mol. The molecule has 5 amide bonds. The molecule has 0 spiro atoms. The van der Waals surface area contributed by atoms with Gasteiger partial charge in [0.25, 0.3) is 0 Å². The van der Waals surface area contributed by atoms with Gasteiger partial charge in [0.1, 0.15) is 23.9 Å². The number of benzene rings is 2. The lowest BCUT2D eigenvalue weighted by Crippen LogP contribution is -2.60. The van der Waals surface area contributed by atoms with E-state index in [2.05, 4.69) is 31.9 Å². The molecule has 2 aromatic rings. The van der Waals surface area contributed by atoms with Gasteiger partial charge in [-0.05, 0) is 66.7 Å². The zero-order valence-electron chi connectivity index (χ0n) is 32.9. The van der Waals surface area contributed by atoms with Crippen LogP contribution in [0.2, 0.25) is 0 Å². The Balaban J connectivity index is 1.86. The fourth-order valence-electron chi connectivity index (χ4n) is 6.32. The maximum atomic E-state index is 13.9. The summed E-state index contributed by atoms with van der Waals surface area (Å²) in [6.45, 7) is 13.5. The van der Waals surface area contributed by atoms with E-state index in [1.165, 1.54) is 6.92 Å². The Kier molecular flexibility index (Phi) is 17.9. The second kappa shape index (κ2) is 22.0.